The van der Waals surface area contributed by atoms with Crippen LogP contribution in [-0.4, -0.2) is 35.1 Å². The molecule has 0 bridgehead atoms. The van der Waals surface area contributed by atoms with Gasteiger partial charge in [-0.05, 0) is 26.2 Å². The monoisotopic (exact) mass is 331 g/mol. The third-order valence-corrected chi connectivity index (χ3v) is 3.87. The highest BCUT2D eigenvalue weighted by Gasteiger charge is 2.20. The normalized spacial score (nSPS) is 11.0. The van der Waals surface area contributed by atoms with Crippen molar-refractivity contribution in [3.05, 3.63) is 40.5 Å². The maximum absolute atomic E-state index is 12.5. The number of pyridine rings is 1. The predicted octanol–water partition coefficient (Wildman–Crippen LogP) is 3.17. The van der Waals surface area contributed by atoms with Crippen molar-refractivity contribution in [2.45, 2.75) is 40.7 Å². The molecule has 0 radical (unpaired) electrons. The first-order chi connectivity index (χ1) is 11.3. The summed E-state index contributed by atoms with van der Waals surface area (Å²) in [4.78, 5) is 18.5. The van der Waals surface area contributed by atoms with E-state index in [0.717, 1.165) is 34.7 Å². The number of methoxy groups -OCH3 is 1. The minimum Gasteiger partial charge on any atom is -0.496 e. The third-order valence-electron chi connectivity index (χ3n) is 3.87. The van der Waals surface area contributed by atoms with Crippen LogP contribution in [-0.2, 0) is 13.0 Å². The van der Waals surface area contributed by atoms with Gasteiger partial charge in [0.15, 0.2) is 0 Å². The molecular weight excluding hydrogens is 306 g/mol. The molecule has 0 N–H and O–H groups in total. The Morgan fingerprint density at radius 3 is 2.71 bits per heavy atom. The van der Waals surface area contributed by atoms with Crippen LogP contribution in [0.3, 0.4) is 0 Å². The molecule has 1 amide bonds. The highest BCUT2D eigenvalue weighted by Crippen LogP contribution is 2.24. The molecule has 6 nitrogen and oxygen atoms in total. The van der Waals surface area contributed by atoms with Crippen molar-refractivity contribution >= 4 is 5.91 Å². The van der Waals surface area contributed by atoms with E-state index in [1.165, 1.54) is 0 Å². The second-order valence-electron chi connectivity index (χ2n) is 6.49. The van der Waals surface area contributed by atoms with Crippen LogP contribution in [0.1, 0.15) is 46.9 Å². The Balaban J connectivity index is 2.13. The largest absolute Gasteiger partial charge is 0.496 e. The Morgan fingerprint density at radius 1 is 1.38 bits per heavy atom. The molecule has 2 heterocycles. The van der Waals surface area contributed by atoms with E-state index in [4.69, 9.17) is 9.26 Å². The fourth-order valence-electron chi connectivity index (χ4n) is 2.64. The van der Waals surface area contributed by atoms with Crippen molar-refractivity contribution in [3.8, 4) is 5.75 Å². The second-order valence-corrected chi connectivity index (χ2v) is 6.49. The minimum absolute atomic E-state index is 0.210. The molecule has 0 saturated heterocycles. The van der Waals surface area contributed by atoms with Gasteiger partial charge in [0.2, 0.25) is 5.76 Å². The average molecular weight is 331 g/mol. The van der Waals surface area contributed by atoms with Crippen LogP contribution in [0.4, 0.5) is 0 Å². The van der Waals surface area contributed by atoms with E-state index in [0.29, 0.717) is 12.5 Å². The van der Waals surface area contributed by atoms with Crippen molar-refractivity contribution in [2.24, 2.45) is 5.92 Å². The molecule has 0 saturated carbocycles. The number of amides is 1. The van der Waals surface area contributed by atoms with Crippen molar-refractivity contribution in [1.29, 1.82) is 0 Å². The molecule has 0 aromatic carbocycles. The van der Waals surface area contributed by atoms with E-state index < -0.39 is 0 Å². The van der Waals surface area contributed by atoms with E-state index in [1.807, 2.05) is 13.8 Å². The maximum atomic E-state index is 12.5. The molecule has 24 heavy (non-hydrogen) atoms. The van der Waals surface area contributed by atoms with Gasteiger partial charge in [-0.1, -0.05) is 19.0 Å². The topological polar surface area (TPSA) is 68.5 Å². The summed E-state index contributed by atoms with van der Waals surface area (Å²) in [6, 6.07) is 1.72. The molecule has 0 atom stereocenters. The SMILES string of the molecule is COc1c(C)cnc(CN(C)C(=O)c2cc(CC(C)C)no2)c1C. The Bertz CT molecular complexity index is 722. The average Bonchev–Trinajstić information content (AvgIpc) is 2.97. The molecule has 0 aliphatic heterocycles. The summed E-state index contributed by atoms with van der Waals surface area (Å²) >= 11 is 0. The fourth-order valence-corrected chi connectivity index (χ4v) is 2.64. The highest BCUT2D eigenvalue weighted by atomic mass is 16.5. The Labute approximate surface area is 142 Å². The number of hydrogen-bond donors (Lipinski definition) is 0. The van der Waals surface area contributed by atoms with Crippen LogP contribution in [0.2, 0.25) is 0 Å². The van der Waals surface area contributed by atoms with E-state index in [1.54, 1.807) is 31.3 Å². The van der Waals surface area contributed by atoms with E-state index in [2.05, 4.69) is 24.0 Å². The number of rotatable bonds is 6. The van der Waals surface area contributed by atoms with Gasteiger partial charge < -0.3 is 14.2 Å². The van der Waals surface area contributed by atoms with Crippen molar-refractivity contribution in [3.63, 3.8) is 0 Å². The molecule has 2 aromatic rings. The molecule has 2 rings (SSSR count). The quantitative estimate of drug-likeness (QED) is 0.813. The summed E-state index contributed by atoms with van der Waals surface area (Å²) in [5.74, 6) is 1.31. The van der Waals surface area contributed by atoms with Crippen LogP contribution < -0.4 is 4.74 Å². The summed E-state index contributed by atoms with van der Waals surface area (Å²) < 4.78 is 10.6. The van der Waals surface area contributed by atoms with Crippen molar-refractivity contribution in [1.82, 2.24) is 15.0 Å². The number of aryl methyl sites for hydroxylation is 1. The number of hydrogen-bond acceptors (Lipinski definition) is 5. The molecule has 0 aliphatic rings. The smallest absolute Gasteiger partial charge is 0.292 e. The van der Waals surface area contributed by atoms with E-state index in [-0.39, 0.29) is 11.7 Å². The van der Waals surface area contributed by atoms with Crippen molar-refractivity contribution in [2.75, 3.05) is 14.2 Å². The van der Waals surface area contributed by atoms with Gasteiger partial charge in [0.25, 0.3) is 5.91 Å². The Hall–Kier alpha value is -2.37. The van der Waals surface area contributed by atoms with Gasteiger partial charge in [-0.15, -0.1) is 0 Å². The first-order valence-corrected chi connectivity index (χ1v) is 8.03. The summed E-state index contributed by atoms with van der Waals surface area (Å²) in [7, 11) is 3.36. The summed E-state index contributed by atoms with van der Waals surface area (Å²) in [5, 5.41) is 3.97. The number of carbonyl (C=O) groups is 1. The van der Waals surface area contributed by atoms with Gasteiger partial charge in [-0.25, -0.2) is 0 Å². The molecule has 0 fully saturated rings. The number of ether oxygens (including phenoxy) is 1. The zero-order chi connectivity index (χ0) is 17.9. The van der Waals surface area contributed by atoms with E-state index >= 15 is 0 Å². The van der Waals surface area contributed by atoms with Gasteiger partial charge >= 0.3 is 0 Å². The van der Waals surface area contributed by atoms with Crippen LogP contribution >= 0.6 is 0 Å². The maximum Gasteiger partial charge on any atom is 0.292 e. The van der Waals surface area contributed by atoms with Crippen LogP contribution in [0, 0.1) is 19.8 Å². The van der Waals surface area contributed by atoms with E-state index in [9.17, 15) is 4.79 Å². The number of carbonyl (C=O) groups excluding carboxylic acids is 1. The van der Waals surface area contributed by atoms with Crippen molar-refractivity contribution < 1.29 is 14.1 Å². The van der Waals surface area contributed by atoms with Gasteiger partial charge in [0.05, 0.1) is 25.0 Å². The zero-order valence-corrected chi connectivity index (χ0v) is 15.2. The van der Waals surface area contributed by atoms with Gasteiger partial charge in [0, 0.05) is 30.4 Å². The predicted molar refractivity (Wildman–Crippen MR) is 91.1 cm³/mol. The van der Waals surface area contributed by atoms with Gasteiger partial charge in [-0.3, -0.25) is 9.78 Å². The Kier molecular flexibility index (Phi) is 5.59. The molecule has 2 aromatic heterocycles. The highest BCUT2D eigenvalue weighted by molar-refractivity contribution is 5.91. The summed E-state index contributed by atoms with van der Waals surface area (Å²) in [5.41, 5.74) is 3.51. The summed E-state index contributed by atoms with van der Waals surface area (Å²) in [6.07, 6.45) is 2.55. The molecule has 0 unspecified atom stereocenters. The lowest BCUT2D eigenvalue weighted by Gasteiger charge is -2.18. The first kappa shape index (κ1) is 18.0. The first-order valence-electron chi connectivity index (χ1n) is 8.03. The molecule has 130 valence electrons. The number of nitrogens with zero attached hydrogens (tertiary/aromatic N) is 3. The molecular formula is C18H25N3O3. The second kappa shape index (κ2) is 7.47. The lowest BCUT2D eigenvalue weighted by atomic mass is 10.1. The van der Waals surface area contributed by atoms with Gasteiger partial charge in [0.1, 0.15) is 5.75 Å². The lowest BCUT2D eigenvalue weighted by Crippen LogP contribution is -2.26. The number of aromatic nitrogens is 2. The van der Waals surface area contributed by atoms with Crippen LogP contribution in [0.25, 0.3) is 0 Å². The van der Waals surface area contributed by atoms with Crippen LogP contribution in [0.15, 0.2) is 16.8 Å². The Morgan fingerprint density at radius 2 is 2.08 bits per heavy atom. The fraction of sp³-hybridized carbons (Fsp3) is 0.500. The molecule has 6 heteroatoms. The minimum atomic E-state index is -0.210. The standard InChI is InChI=1S/C18H25N3O3/c1-11(2)7-14-8-16(24-20-14)18(22)21(5)10-15-13(4)17(23-6)12(3)9-19-15/h8-9,11H,7,10H2,1-6H3. The molecule has 0 spiro atoms. The lowest BCUT2D eigenvalue weighted by molar-refractivity contribution is 0.0741. The molecule has 0 aliphatic carbocycles. The third kappa shape index (κ3) is 3.93. The zero-order valence-electron chi connectivity index (χ0n) is 15.2. The van der Waals surface area contributed by atoms with Crippen LogP contribution in [0.5, 0.6) is 5.75 Å². The summed E-state index contributed by atoms with van der Waals surface area (Å²) in [6.45, 7) is 8.47. The van der Waals surface area contributed by atoms with Gasteiger partial charge in [-0.2, -0.15) is 0 Å².